The van der Waals surface area contributed by atoms with Gasteiger partial charge >= 0.3 is 0 Å². The van der Waals surface area contributed by atoms with Gasteiger partial charge in [0.05, 0.1) is 0 Å². The number of nitrogens with zero attached hydrogens (tertiary/aromatic N) is 2. The molecule has 1 aromatic rings. The van der Waals surface area contributed by atoms with Crippen molar-refractivity contribution in [3.63, 3.8) is 0 Å². The Bertz CT molecular complexity index is 551. The van der Waals surface area contributed by atoms with Crippen molar-refractivity contribution >= 4 is 29.9 Å². The number of rotatable bonds is 3. The molecule has 0 aromatic heterocycles. The Hall–Kier alpha value is -1.18. The quantitative estimate of drug-likeness (QED) is 0.454. The van der Waals surface area contributed by atoms with E-state index in [0.717, 1.165) is 49.4 Å². The zero-order valence-corrected chi connectivity index (χ0v) is 16.2. The van der Waals surface area contributed by atoms with Gasteiger partial charge in [0.25, 0.3) is 0 Å². The summed E-state index contributed by atoms with van der Waals surface area (Å²) in [5.41, 5.74) is 1.25. The third-order valence-corrected chi connectivity index (χ3v) is 4.30. The van der Waals surface area contributed by atoms with E-state index < -0.39 is 0 Å². The number of halogens is 1. The highest BCUT2D eigenvalue weighted by Crippen LogP contribution is 2.32. The molecule has 1 saturated heterocycles. The average Bonchev–Trinajstić information content (AvgIpc) is 2.99. The monoisotopic (exact) mass is 431 g/mol. The molecule has 0 bridgehead atoms. The zero-order chi connectivity index (χ0) is 15.4. The Morgan fingerprint density at radius 1 is 1.35 bits per heavy atom. The minimum absolute atomic E-state index is 0. The third kappa shape index (κ3) is 4.65. The molecule has 0 amide bonds. The molecule has 0 spiro atoms. The minimum atomic E-state index is 0. The predicted molar refractivity (Wildman–Crippen MR) is 103 cm³/mol. The molecule has 2 heterocycles. The largest absolute Gasteiger partial charge is 0.454 e. The van der Waals surface area contributed by atoms with Gasteiger partial charge in [-0.1, -0.05) is 13.0 Å². The Kier molecular flexibility index (Phi) is 6.80. The highest BCUT2D eigenvalue weighted by Gasteiger charge is 2.19. The Labute approximate surface area is 155 Å². The fourth-order valence-corrected chi connectivity index (χ4v) is 3.13. The molecule has 5 nitrogen and oxygen atoms in total. The smallest absolute Gasteiger partial charge is 0.231 e. The second kappa shape index (κ2) is 8.61. The van der Waals surface area contributed by atoms with Crippen LogP contribution in [0.1, 0.15) is 25.3 Å². The standard InChI is InChI=1S/C17H25N3O2.HI/c1-13-4-3-9-20(11-13)17(18-2)19-8-7-14-5-6-15-16(10-14)22-12-21-15;/h5-6,10,13H,3-4,7-9,11-12H2,1-2H3,(H,18,19);1H. The molecule has 1 atom stereocenters. The molecule has 0 aliphatic carbocycles. The van der Waals surface area contributed by atoms with Gasteiger partial charge in [0, 0.05) is 26.7 Å². The van der Waals surface area contributed by atoms with E-state index in [9.17, 15) is 0 Å². The van der Waals surface area contributed by atoms with Gasteiger partial charge in [0.15, 0.2) is 17.5 Å². The molecule has 2 aliphatic heterocycles. The maximum absolute atomic E-state index is 5.42. The Balaban J connectivity index is 0.00000192. The van der Waals surface area contributed by atoms with Crippen LogP contribution in [0.25, 0.3) is 0 Å². The van der Waals surface area contributed by atoms with E-state index >= 15 is 0 Å². The summed E-state index contributed by atoms with van der Waals surface area (Å²) in [6.45, 7) is 5.72. The normalized spacial score (nSPS) is 20.2. The fraction of sp³-hybridized carbons (Fsp3) is 0.588. The van der Waals surface area contributed by atoms with Crippen LogP contribution in [0, 0.1) is 5.92 Å². The number of guanidine groups is 1. The van der Waals surface area contributed by atoms with Crippen LogP contribution >= 0.6 is 24.0 Å². The second-order valence-corrected chi connectivity index (χ2v) is 6.11. The summed E-state index contributed by atoms with van der Waals surface area (Å²) in [6.07, 6.45) is 3.52. The van der Waals surface area contributed by atoms with Crippen molar-refractivity contribution in [3.8, 4) is 11.5 Å². The molecule has 0 saturated carbocycles. The highest BCUT2D eigenvalue weighted by molar-refractivity contribution is 14.0. The number of hydrogen-bond donors (Lipinski definition) is 1. The molecule has 1 N–H and O–H groups in total. The first kappa shape index (κ1) is 18.2. The summed E-state index contributed by atoms with van der Waals surface area (Å²) in [4.78, 5) is 6.79. The summed E-state index contributed by atoms with van der Waals surface area (Å²) in [7, 11) is 1.86. The molecule has 2 aliphatic rings. The summed E-state index contributed by atoms with van der Waals surface area (Å²) in [6, 6.07) is 6.15. The minimum Gasteiger partial charge on any atom is -0.454 e. The van der Waals surface area contributed by atoms with Crippen LogP contribution in [0.4, 0.5) is 0 Å². The van der Waals surface area contributed by atoms with E-state index in [2.05, 4.69) is 34.3 Å². The number of piperidine rings is 1. The van der Waals surface area contributed by atoms with E-state index in [1.807, 2.05) is 13.1 Å². The molecular weight excluding hydrogens is 405 g/mol. The maximum Gasteiger partial charge on any atom is 0.231 e. The SMILES string of the molecule is CN=C(NCCc1ccc2c(c1)OCO2)N1CCCC(C)C1.I. The lowest BCUT2D eigenvalue weighted by atomic mass is 10.0. The van der Waals surface area contributed by atoms with Crippen LogP contribution in [0.15, 0.2) is 23.2 Å². The number of benzene rings is 1. The average molecular weight is 431 g/mol. The van der Waals surface area contributed by atoms with Crippen LogP contribution in [0.5, 0.6) is 11.5 Å². The first-order valence-corrected chi connectivity index (χ1v) is 8.10. The number of fused-ring (bicyclic) bond motifs is 1. The molecule has 6 heteroatoms. The van der Waals surface area contributed by atoms with E-state index in [-0.39, 0.29) is 24.0 Å². The van der Waals surface area contributed by atoms with E-state index in [1.54, 1.807) is 0 Å². The van der Waals surface area contributed by atoms with E-state index in [0.29, 0.717) is 6.79 Å². The first-order chi connectivity index (χ1) is 10.8. The molecule has 0 radical (unpaired) electrons. The van der Waals surface area contributed by atoms with Crippen molar-refractivity contribution in [2.24, 2.45) is 10.9 Å². The summed E-state index contributed by atoms with van der Waals surface area (Å²) in [5, 5.41) is 3.48. The third-order valence-electron chi connectivity index (χ3n) is 4.30. The maximum atomic E-state index is 5.42. The topological polar surface area (TPSA) is 46.1 Å². The van der Waals surface area contributed by atoms with Crippen LogP contribution < -0.4 is 14.8 Å². The lowest BCUT2D eigenvalue weighted by Crippen LogP contribution is -2.46. The van der Waals surface area contributed by atoms with E-state index in [4.69, 9.17) is 9.47 Å². The van der Waals surface area contributed by atoms with Gasteiger partial charge in [0.1, 0.15) is 0 Å². The van der Waals surface area contributed by atoms with Gasteiger partial charge in [-0.05, 0) is 42.9 Å². The van der Waals surface area contributed by atoms with Crippen molar-refractivity contribution in [2.45, 2.75) is 26.2 Å². The van der Waals surface area contributed by atoms with Gasteiger partial charge in [-0.15, -0.1) is 24.0 Å². The van der Waals surface area contributed by atoms with Crippen LogP contribution in [-0.2, 0) is 6.42 Å². The van der Waals surface area contributed by atoms with Gasteiger partial charge in [-0.3, -0.25) is 4.99 Å². The van der Waals surface area contributed by atoms with Gasteiger partial charge < -0.3 is 19.7 Å². The molecule has 1 aromatic carbocycles. The highest BCUT2D eigenvalue weighted by atomic mass is 127. The summed E-state index contributed by atoms with van der Waals surface area (Å²) in [5.74, 6) is 3.47. The van der Waals surface area contributed by atoms with Crippen molar-refractivity contribution < 1.29 is 9.47 Å². The lowest BCUT2D eigenvalue weighted by molar-refractivity contribution is 0.174. The van der Waals surface area contributed by atoms with Crippen molar-refractivity contribution in [1.29, 1.82) is 0 Å². The van der Waals surface area contributed by atoms with Crippen molar-refractivity contribution in [3.05, 3.63) is 23.8 Å². The molecule has 1 unspecified atom stereocenters. The van der Waals surface area contributed by atoms with Crippen LogP contribution in [0.2, 0.25) is 0 Å². The van der Waals surface area contributed by atoms with E-state index in [1.165, 1.54) is 18.4 Å². The second-order valence-electron chi connectivity index (χ2n) is 6.11. The summed E-state index contributed by atoms with van der Waals surface area (Å²) >= 11 is 0. The van der Waals surface area contributed by atoms with Crippen LogP contribution in [0.3, 0.4) is 0 Å². The van der Waals surface area contributed by atoms with Gasteiger partial charge in [0.2, 0.25) is 6.79 Å². The van der Waals surface area contributed by atoms with Crippen molar-refractivity contribution in [1.82, 2.24) is 10.2 Å². The number of hydrogen-bond acceptors (Lipinski definition) is 3. The zero-order valence-electron chi connectivity index (χ0n) is 13.9. The van der Waals surface area contributed by atoms with Gasteiger partial charge in [-0.2, -0.15) is 0 Å². The number of aliphatic imine (C=N–C) groups is 1. The molecule has 23 heavy (non-hydrogen) atoms. The molecular formula is C17H26IN3O2. The lowest BCUT2D eigenvalue weighted by Gasteiger charge is -2.33. The fourth-order valence-electron chi connectivity index (χ4n) is 3.13. The molecule has 1 fully saturated rings. The molecule has 128 valence electrons. The van der Waals surface area contributed by atoms with Crippen molar-refractivity contribution in [2.75, 3.05) is 33.5 Å². The number of nitrogens with one attached hydrogen (secondary N) is 1. The number of ether oxygens (including phenoxy) is 2. The van der Waals surface area contributed by atoms with Crippen LogP contribution in [-0.4, -0.2) is 44.3 Å². The Morgan fingerprint density at radius 3 is 2.96 bits per heavy atom. The Morgan fingerprint density at radius 2 is 2.17 bits per heavy atom. The molecule has 3 rings (SSSR count). The van der Waals surface area contributed by atoms with Gasteiger partial charge in [-0.25, -0.2) is 0 Å². The first-order valence-electron chi connectivity index (χ1n) is 8.10. The predicted octanol–water partition coefficient (Wildman–Crippen LogP) is 2.88. The number of likely N-dealkylation sites (tertiary alicyclic amines) is 1. The summed E-state index contributed by atoms with van der Waals surface area (Å²) < 4.78 is 10.8.